The molecule has 0 fully saturated rings. The summed E-state index contributed by atoms with van der Waals surface area (Å²) in [6, 6.07) is 12.0. The van der Waals surface area contributed by atoms with Gasteiger partial charge < -0.3 is 0 Å². The summed E-state index contributed by atoms with van der Waals surface area (Å²) < 4.78 is 28.4. The van der Waals surface area contributed by atoms with Gasteiger partial charge in [0.25, 0.3) is 0 Å². The molecular formula is C15H15BrClNO2S. The molecule has 0 bridgehead atoms. The second-order valence-corrected chi connectivity index (χ2v) is 7.84. The zero-order valence-electron chi connectivity index (χ0n) is 11.6. The molecule has 0 aromatic heterocycles. The molecule has 2 aromatic rings. The summed E-state index contributed by atoms with van der Waals surface area (Å²) in [4.78, 5) is 0.269. The molecular weight excluding hydrogens is 374 g/mol. The van der Waals surface area contributed by atoms with Crippen molar-refractivity contribution >= 4 is 37.6 Å². The summed E-state index contributed by atoms with van der Waals surface area (Å²) in [6.07, 6.45) is 0. The maximum absolute atomic E-state index is 12.5. The highest BCUT2D eigenvalue weighted by molar-refractivity contribution is 9.10. The van der Waals surface area contributed by atoms with Crippen LogP contribution in [0.1, 0.15) is 24.1 Å². The van der Waals surface area contributed by atoms with Gasteiger partial charge in [0.2, 0.25) is 10.0 Å². The Labute approximate surface area is 138 Å². The Morgan fingerprint density at radius 1 is 1.19 bits per heavy atom. The average molecular weight is 389 g/mol. The predicted octanol–water partition coefficient (Wildman–Crippen LogP) is 4.45. The van der Waals surface area contributed by atoms with Gasteiger partial charge in [0.1, 0.15) is 0 Å². The highest BCUT2D eigenvalue weighted by Gasteiger charge is 2.20. The van der Waals surface area contributed by atoms with E-state index >= 15 is 0 Å². The molecule has 1 N–H and O–H groups in total. The van der Waals surface area contributed by atoms with E-state index in [0.717, 1.165) is 10.0 Å². The van der Waals surface area contributed by atoms with E-state index in [-0.39, 0.29) is 10.9 Å². The Kier molecular flexibility index (Phi) is 5.09. The van der Waals surface area contributed by atoms with Crippen molar-refractivity contribution in [1.82, 2.24) is 4.72 Å². The predicted molar refractivity (Wildman–Crippen MR) is 89.1 cm³/mol. The van der Waals surface area contributed by atoms with E-state index in [1.54, 1.807) is 44.2 Å². The Morgan fingerprint density at radius 2 is 1.90 bits per heavy atom. The molecule has 6 heteroatoms. The van der Waals surface area contributed by atoms with Crippen molar-refractivity contribution in [2.45, 2.75) is 24.8 Å². The number of aryl methyl sites for hydroxylation is 1. The number of halogens is 2. The summed E-state index contributed by atoms with van der Waals surface area (Å²) in [5.41, 5.74) is 1.52. The normalized spacial score (nSPS) is 13.1. The van der Waals surface area contributed by atoms with E-state index in [0.29, 0.717) is 10.6 Å². The summed E-state index contributed by atoms with van der Waals surface area (Å²) in [5.74, 6) is 0. The van der Waals surface area contributed by atoms with Crippen LogP contribution < -0.4 is 4.72 Å². The SMILES string of the molecule is Cc1ccc(Br)cc1S(=O)(=O)NC(C)c1cccc(Cl)c1. The highest BCUT2D eigenvalue weighted by Crippen LogP contribution is 2.23. The molecule has 0 spiro atoms. The van der Waals surface area contributed by atoms with E-state index in [1.165, 1.54) is 0 Å². The summed E-state index contributed by atoms with van der Waals surface area (Å²) in [7, 11) is -3.60. The molecule has 0 aliphatic heterocycles. The van der Waals surface area contributed by atoms with Crippen LogP contribution in [0.3, 0.4) is 0 Å². The van der Waals surface area contributed by atoms with Crippen LogP contribution in [-0.4, -0.2) is 8.42 Å². The number of sulfonamides is 1. The van der Waals surface area contributed by atoms with Crippen LogP contribution in [0.4, 0.5) is 0 Å². The average Bonchev–Trinajstić information content (AvgIpc) is 2.41. The second kappa shape index (κ2) is 6.48. The van der Waals surface area contributed by atoms with Crippen LogP contribution in [0.25, 0.3) is 0 Å². The number of nitrogens with one attached hydrogen (secondary N) is 1. The van der Waals surface area contributed by atoms with E-state index in [4.69, 9.17) is 11.6 Å². The molecule has 0 amide bonds. The van der Waals surface area contributed by atoms with Gasteiger partial charge in [-0.1, -0.05) is 45.7 Å². The van der Waals surface area contributed by atoms with Crippen LogP contribution in [0.5, 0.6) is 0 Å². The molecule has 21 heavy (non-hydrogen) atoms. The van der Waals surface area contributed by atoms with Crippen molar-refractivity contribution in [2.24, 2.45) is 0 Å². The first-order chi connectivity index (χ1) is 9.79. The third-order valence-electron chi connectivity index (χ3n) is 3.12. The van der Waals surface area contributed by atoms with Gasteiger partial charge in [-0.15, -0.1) is 0 Å². The third kappa shape index (κ3) is 4.07. The molecule has 0 radical (unpaired) electrons. The molecule has 0 saturated heterocycles. The van der Waals surface area contributed by atoms with Crippen LogP contribution in [0.15, 0.2) is 51.8 Å². The fourth-order valence-corrected chi connectivity index (χ4v) is 4.22. The maximum Gasteiger partial charge on any atom is 0.241 e. The summed E-state index contributed by atoms with van der Waals surface area (Å²) in [6.45, 7) is 3.56. The Morgan fingerprint density at radius 3 is 2.57 bits per heavy atom. The molecule has 1 atom stereocenters. The number of benzene rings is 2. The monoisotopic (exact) mass is 387 g/mol. The van der Waals surface area contributed by atoms with Gasteiger partial charge >= 0.3 is 0 Å². The van der Waals surface area contributed by atoms with Crippen molar-refractivity contribution < 1.29 is 8.42 Å². The molecule has 3 nitrogen and oxygen atoms in total. The van der Waals surface area contributed by atoms with Crippen LogP contribution in [-0.2, 0) is 10.0 Å². The quantitative estimate of drug-likeness (QED) is 0.841. The lowest BCUT2D eigenvalue weighted by Crippen LogP contribution is -2.27. The molecule has 2 rings (SSSR count). The molecule has 1 unspecified atom stereocenters. The molecule has 0 aliphatic carbocycles. The minimum absolute atomic E-state index is 0.269. The van der Waals surface area contributed by atoms with Crippen molar-refractivity contribution in [2.75, 3.05) is 0 Å². The smallest absolute Gasteiger partial charge is 0.207 e. The van der Waals surface area contributed by atoms with Gasteiger partial charge in [0.15, 0.2) is 0 Å². The van der Waals surface area contributed by atoms with Crippen LogP contribution in [0.2, 0.25) is 5.02 Å². The van der Waals surface area contributed by atoms with Crippen molar-refractivity contribution in [3.8, 4) is 0 Å². The number of hydrogen-bond acceptors (Lipinski definition) is 2. The van der Waals surface area contributed by atoms with Gasteiger partial charge in [0.05, 0.1) is 4.90 Å². The third-order valence-corrected chi connectivity index (χ3v) is 5.53. The van der Waals surface area contributed by atoms with Crippen molar-refractivity contribution in [1.29, 1.82) is 0 Å². The first-order valence-corrected chi connectivity index (χ1v) is 8.99. The topological polar surface area (TPSA) is 46.2 Å². The summed E-state index contributed by atoms with van der Waals surface area (Å²) >= 11 is 9.24. The van der Waals surface area contributed by atoms with Crippen LogP contribution >= 0.6 is 27.5 Å². The van der Waals surface area contributed by atoms with Gasteiger partial charge in [0, 0.05) is 15.5 Å². The second-order valence-electron chi connectivity index (χ2n) is 4.81. The largest absolute Gasteiger partial charge is 0.241 e. The Bertz CT molecular complexity index is 762. The van der Waals surface area contributed by atoms with E-state index in [9.17, 15) is 8.42 Å². The molecule has 2 aromatic carbocycles. The fourth-order valence-electron chi connectivity index (χ4n) is 2.00. The highest BCUT2D eigenvalue weighted by atomic mass is 79.9. The maximum atomic E-state index is 12.5. The molecule has 0 heterocycles. The first-order valence-electron chi connectivity index (χ1n) is 6.33. The molecule has 112 valence electrons. The standard InChI is InChI=1S/C15H15BrClNO2S/c1-10-6-7-13(16)9-15(10)21(19,20)18-11(2)12-4-3-5-14(17)8-12/h3-9,11,18H,1-2H3. The van der Waals surface area contributed by atoms with Gasteiger partial charge in [-0.3, -0.25) is 0 Å². The first kappa shape index (κ1) is 16.5. The van der Waals surface area contributed by atoms with E-state index in [2.05, 4.69) is 20.7 Å². The van der Waals surface area contributed by atoms with E-state index < -0.39 is 10.0 Å². The van der Waals surface area contributed by atoms with E-state index in [1.807, 2.05) is 12.1 Å². The lowest BCUT2D eigenvalue weighted by atomic mass is 10.1. The molecule has 0 saturated carbocycles. The summed E-state index contributed by atoms with van der Waals surface area (Å²) in [5, 5.41) is 0.581. The fraction of sp³-hybridized carbons (Fsp3) is 0.200. The lowest BCUT2D eigenvalue weighted by Gasteiger charge is -2.16. The Balaban J connectivity index is 2.31. The zero-order valence-corrected chi connectivity index (χ0v) is 14.8. The minimum atomic E-state index is -3.60. The zero-order chi connectivity index (χ0) is 15.6. The number of rotatable bonds is 4. The molecule has 0 aliphatic rings. The van der Waals surface area contributed by atoms with Gasteiger partial charge in [-0.25, -0.2) is 13.1 Å². The van der Waals surface area contributed by atoms with Crippen molar-refractivity contribution in [3.63, 3.8) is 0 Å². The van der Waals surface area contributed by atoms with Gasteiger partial charge in [-0.2, -0.15) is 0 Å². The number of hydrogen-bond donors (Lipinski definition) is 1. The van der Waals surface area contributed by atoms with Crippen molar-refractivity contribution in [3.05, 3.63) is 63.1 Å². The minimum Gasteiger partial charge on any atom is -0.207 e. The lowest BCUT2D eigenvalue weighted by molar-refractivity contribution is 0.566. The van der Waals surface area contributed by atoms with Gasteiger partial charge in [-0.05, 0) is 49.2 Å². The Hall–Kier alpha value is -0.880. The van der Waals surface area contributed by atoms with Crippen LogP contribution in [0, 0.1) is 6.92 Å².